The Labute approximate surface area is 178 Å². The molecule has 1 aliphatic heterocycles. The van der Waals surface area contributed by atoms with Crippen molar-refractivity contribution in [2.24, 2.45) is 0 Å². The lowest BCUT2D eigenvalue weighted by molar-refractivity contribution is -0.115. The van der Waals surface area contributed by atoms with E-state index in [0.29, 0.717) is 22.3 Å². The SMILES string of the molecule is C[C@H](Sc1nnnn1C[C@H]1CCCO1)C(=O)Nc1sc2c(c1C#N)CCCCC2. The maximum Gasteiger partial charge on any atom is 0.238 e. The molecule has 0 unspecified atom stereocenters. The number of anilines is 1. The van der Waals surface area contributed by atoms with Gasteiger partial charge in [0.2, 0.25) is 11.1 Å². The summed E-state index contributed by atoms with van der Waals surface area (Å²) in [5.74, 6) is -0.144. The van der Waals surface area contributed by atoms with Gasteiger partial charge in [-0.3, -0.25) is 4.79 Å². The van der Waals surface area contributed by atoms with Crippen LogP contribution in [0, 0.1) is 11.3 Å². The lowest BCUT2D eigenvalue weighted by Crippen LogP contribution is -2.23. The lowest BCUT2D eigenvalue weighted by Gasteiger charge is -2.13. The number of hydrogen-bond acceptors (Lipinski definition) is 8. The topological polar surface area (TPSA) is 106 Å². The Hall–Kier alpha value is -1.96. The van der Waals surface area contributed by atoms with Gasteiger partial charge in [0.25, 0.3) is 0 Å². The number of nitrogens with zero attached hydrogens (tertiary/aromatic N) is 5. The van der Waals surface area contributed by atoms with Crippen molar-refractivity contribution in [2.75, 3.05) is 11.9 Å². The van der Waals surface area contributed by atoms with Crippen LogP contribution in [0.3, 0.4) is 0 Å². The molecule has 8 nitrogen and oxygen atoms in total. The van der Waals surface area contributed by atoms with Crippen LogP contribution in [0.5, 0.6) is 0 Å². The number of carbonyl (C=O) groups is 1. The van der Waals surface area contributed by atoms with Crippen molar-refractivity contribution in [1.29, 1.82) is 5.26 Å². The van der Waals surface area contributed by atoms with E-state index < -0.39 is 5.25 Å². The third-order valence-corrected chi connectivity index (χ3v) is 7.60. The monoisotopic (exact) mass is 432 g/mol. The Morgan fingerprint density at radius 2 is 2.28 bits per heavy atom. The fourth-order valence-electron chi connectivity index (χ4n) is 3.75. The molecule has 29 heavy (non-hydrogen) atoms. The number of thioether (sulfide) groups is 1. The number of thiophene rings is 1. The molecule has 2 aliphatic rings. The number of nitrogens with one attached hydrogen (secondary N) is 1. The summed E-state index contributed by atoms with van der Waals surface area (Å²) in [5, 5.41) is 25.4. The van der Waals surface area contributed by atoms with Crippen molar-refractivity contribution in [1.82, 2.24) is 20.2 Å². The van der Waals surface area contributed by atoms with E-state index in [9.17, 15) is 10.1 Å². The molecule has 0 saturated carbocycles. The standard InChI is InChI=1S/C19H24N6O2S2/c1-12(28-19-22-23-24-25(19)11-13-6-5-9-27-13)17(26)21-18-15(10-20)14-7-3-2-4-8-16(14)29-18/h12-13H,2-9,11H2,1H3,(H,21,26)/t12-,13+/m0/s1. The number of hydrogen-bond donors (Lipinski definition) is 1. The van der Waals surface area contributed by atoms with Gasteiger partial charge in [0.15, 0.2) is 0 Å². The van der Waals surface area contributed by atoms with E-state index in [1.807, 2.05) is 6.92 Å². The molecule has 0 radical (unpaired) electrons. The molecule has 3 heterocycles. The summed E-state index contributed by atoms with van der Waals surface area (Å²) in [5.41, 5.74) is 1.77. The molecule has 154 valence electrons. The predicted octanol–water partition coefficient (Wildman–Crippen LogP) is 3.17. The Morgan fingerprint density at radius 1 is 1.41 bits per heavy atom. The van der Waals surface area contributed by atoms with Gasteiger partial charge < -0.3 is 10.1 Å². The summed E-state index contributed by atoms with van der Waals surface area (Å²) in [7, 11) is 0. The quantitative estimate of drug-likeness (QED) is 0.552. The first kappa shape index (κ1) is 20.3. The van der Waals surface area contributed by atoms with Gasteiger partial charge in [-0.05, 0) is 61.4 Å². The minimum atomic E-state index is -0.391. The average molecular weight is 433 g/mol. The number of ether oxygens (including phenoxy) is 1. The Kier molecular flexibility index (Phi) is 6.47. The van der Waals surface area contributed by atoms with Crippen molar-refractivity contribution >= 4 is 34.0 Å². The molecule has 1 aliphatic carbocycles. The second-order valence-corrected chi connectivity index (χ2v) is 9.82. The van der Waals surface area contributed by atoms with Gasteiger partial charge >= 0.3 is 0 Å². The number of aryl methyl sites for hydroxylation is 1. The van der Waals surface area contributed by atoms with Crippen LogP contribution in [0.25, 0.3) is 0 Å². The molecule has 1 amide bonds. The zero-order valence-corrected chi connectivity index (χ0v) is 18.0. The van der Waals surface area contributed by atoms with E-state index >= 15 is 0 Å². The minimum absolute atomic E-state index is 0.127. The van der Waals surface area contributed by atoms with Crippen molar-refractivity contribution in [3.05, 3.63) is 16.0 Å². The number of tetrazole rings is 1. The molecule has 2 aromatic rings. The normalized spacial score (nSPS) is 19.9. The molecule has 0 aromatic carbocycles. The van der Waals surface area contributed by atoms with Gasteiger partial charge in [-0.25, -0.2) is 4.68 Å². The maximum absolute atomic E-state index is 12.8. The number of nitriles is 1. The fraction of sp³-hybridized carbons (Fsp3) is 0.632. The smallest absolute Gasteiger partial charge is 0.238 e. The average Bonchev–Trinajstić information content (AvgIpc) is 3.41. The Morgan fingerprint density at radius 3 is 3.07 bits per heavy atom. The molecule has 1 saturated heterocycles. The van der Waals surface area contributed by atoms with E-state index in [1.54, 1.807) is 16.0 Å². The second kappa shape index (κ2) is 9.24. The minimum Gasteiger partial charge on any atom is -0.376 e. The molecule has 4 rings (SSSR count). The van der Waals surface area contributed by atoms with Crippen LogP contribution in [-0.2, 0) is 28.9 Å². The first-order chi connectivity index (χ1) is 14.2. The van der Waals surface area contributed by atoms with Crippen LogP contribution in [0.1, 0.15) is 55.0 Å². The molecule has 2 atom stereocenters. The molecular formula is C19H24N6O2S2. The van der Waals surface area contributed by atoms with E-state index in [1.165, 1.54) is 23.1 Å². The Bertz CT molecular complexity index is 912. The van der Waals surface area contributed by atoms with E-state index in [4.69, 9.17) is 4.74 Å². The lowest BCUT2D eigenvalue weighted by atomic mass is 10.1. The summed E-state index contributed by atoms with van der Waals surface area (Å²) in [6, 6.07) is 2.31. The third-order valence-electron chi connectivity index (χ3n) is 5.32. The first-order valence-corrected chi connectivity index (χ1v) is 11.7. The predicted molar refractivity (Wildman–Crippen MR) is 111 cm³/mol. The zero-order valence-electron chi connectivity index (χ0n) is 16.4. The fourth-order valence-corrected chi connectivity index (χ4v) is 5.79. The summed E-state index contributed by atoms with van der Waals surface area (Å²) in [6.07, 6.45) is 7.54. The van der Waals surface area contributed by atoms with Crippen molar-refractivity contribution in [3.8, 4) is 6.07 Å². The van der Waals surface area contributed by atoms with Gasteiger partial charge in [0, 0.05) is 11.5 Å². The number of amides is 1. The van der Waals surface area contributed by atoms with Crippen LogP contribution >= 0.6 is 23.1 Å². The van der Waals surface area contributed by atoms with Gasteiger partial charge in [0.05, 0.1) is 23.5 Å². The number of rotatable bonds is 6. The van der Waals surface area contributed by atoms with Crippen LogP contribution in [-0.4, -0.2) is 44.1 Å². The van der Waals surface area contributed by atoms with Crippen LogP contribution in [0.15, 0.2) is 5.16 Å². The van der Waals surface area contributed by atoms with Crippen molar-refractivity contribution in [2.45, 2.75) is 74.9 Å². The second-order valence-electron chi connectivity index (χ2n) is 7.41. The zero-order chi connectivity index (χ0) is 20.2. The summed E-state index contributed by atoms with van der Waals surface area (Å²) >= 11 is 2.87. The highest BCUT2D eigenvalue weighted by Crippen LogP contribution is 2.37. The number of aromatic nitrogens is 4. The van der Waals surface area contributed by atoms with Crippen LogP contribution in [0.4, 0.5) is 5.00 Å². The molecular weight excluding hydrogens is 408 g/mol. The molecule has 10 heteroatoms. The first-order valence-electron chi connectivity index (χ1n) is 10.1. The maximum atomic E-state index is 12.8. The molecule has 2 aromatic heterocycles. The largest absolute Gasteiger partial charge is 0.376 e. The number of carbonyl (C=O) groups excluding carboxylic acids is 1. The summed E-state index contributed by atoms with van der Waals surface area (Å²) in [4.78, 5) is 14.1. The summed E-state index contributed by atoms with van der Waals surface area (Å²) < 4.78 is 7.36. The van der Waals surface area contributed by atoms with Crippen molar-refractivity contribution in [3.63, 3.8) is 0 Å². The van der Waals surface area contributed by atoms with Gasteiger partial charge in [-0.2, -0.15) is 5.26 Å². The van der Waals surface area contributed by atoms with Crippen LogP contribution in [0.2, 0.25) is 0 Å². The highest BCUT2D eigenvalue weighted by atomic mass is 32.2. The van der Waals surface area contributed by atoms with E-state index in [2.05, 4.69) is 26.9 Å². The van der Waals surface area contributed by atoms with Crippen molar-refractivity contribution < 1.29 is 9.53 Å². The van der Waals surface area contributed by atoms with Gasteiger partial charge in [-0.15, -0.1) is 16.4 Å². The highest BCUT2D eigenvalue weighted by molar-refractivity contribution is 8.00. The molecule has 1 fully saturated rings. The highest BCUT2D eigenvalue weighted by Gasteiger charge is 2.25. The van der Waals surface area contributed by atoms with Crippen LogP contribution < -0.4 is 5.32 Å². The van der Waals surface area contributed by atoms with Gasteiger partial charge in [0.1, 0.15) is 11.1 Å². The Balaban J connectivity index is 1.42. The molecule has 1 N–H and O–H groups in total. The molecule has 0 bridgehead atoms. The van der Waals surface area contributed by atoms with E-state index in [-0.39, 0.29) is 12.0 Å². The number of fused-ring (bicyclic) bond motifs is 1. The van der Waals surface area contributed by atoms with Gasteiger partial charge in [-0.1, -0.05) is 18.2 Å². The van der Waals surface area contributed by atoms with E-state index in [0.717, 1.165) is 50.7 Å². The molecule has 0 spiro atoms. The third kappa shape index (κ3) is 4.63. The summed E-state index contributed by atoms with van der Waals surface area (Å²) in [6.45, 7) is 3.20.